The summed E-state index contributed by atoms with van der Waals surface area (Å²) in [5.41, 5.74) is 3.18. The van der Waals surface area contributed by atoms with Gasteiger partial charge in [-0.2, -0.15) is 0 Å². The predicted octanol–water partition coefficient (Wildman–Crippen LogP) is 4.93. The maximum absolute atomic E-state index is 3.38. The molecule has 0 saturated carbocycles. The van der Waals surface area contributed by atoms with Gasteiger partial charge in [0.05, 0.1) is 0 Å². The summed E-state index contributed by atoms with van der Waals surface area (Å²) in [4.78, 5) is 3.38. The fourth-order valence-corrected chi connectivity index (χ4v) is 2.73. The minimum Gasteiger partial charge on any atom is -0.361 e. The van der Waals surface area contributed by atoms with Crippen LogP contribution in [0.1, 0.15) is 45.6 Å². The van der Waals surface area contributed by atoms with Gasteiger partial charge in [-0.15, -0.1) is 0 Å². The summed E-state index contributed by atoms with van der Waals surface area (Å²) < 4.78 is 0. The van der Waals surface area contributed by atoms with E-state index < -0.39 is 0 Å². The van der Waals surface area contributed by atoms with Crippen molar-refractivity contribution in [2.45, 2.75) is 46.5 Å². The van der Waals surface area contributed by atoms with Crippen LogP contribution in [0.15, 0.2) is 30.5 Å². The van der Waals surface area contributed by atoms with Crippen LogP contribution in [0.5, 0.6) is 0 Å². The monoisotopic (exact) mass is 229 g/mol. The van der Waals surface area contributed by atoms with Crippen LogP contribution < -0.4 is 0 Å². The van der Waals surface area contributed by atoms with Crippen molar-refractivity contribution in [1.82, 2.24) is 4.98 Å². The molecule has 1 atom stereocenters. The maximum Gasteiger partial charge on any atom is 0.0456 e. The molecular formula is C16H23N. The van der Waals surface area contributed by atoms with E-state index in [1.807, 2.05) is 0 Å². The lowest BCUT2D eigenvalue weighted by Gasteiger charge is -2.27. The molecule has 0 radical (unpaired) electrons. The molecule has 0 bridgehead atoms. The SMILES string of the molecule is CCCC(C)(CC)Cc1c[nH]c2ccccc12. The van der Waals surface area contributed by atoms with Crippen LogP contribution in [0.3, 0.4) is 0 Å². The first-order valence-electron chi connectivity index (χ1n) is 6.73. The summed E-state index contributed by atoms with van der Waals surface area (Å²) in [6.45, 7) is 7.01. The minimum absolute atomic E-state index is 0.444. The Bertz CT molecular complexity index is 483. The van der Waals surface area contributed by atoms with Crippen LogP contribution >= 0.6 is 0 Å². The Hall–Kier alpha value is -1.24. The van der Waals surface area contributed by atoms with Gasteiger partial charge < -0.3 is 4.98 Å². The number of H-pyrrole nitrogens is 1. The van der Waals surface area contributed by atoms with E-state index in [2.05, 4.69) is 56.2 Å². The molecule has 0 aliphatic rings. The third kappa shape index (κ3) is 2.54. The molecule has 1 heteroatoms. The molecule has 0 fully saturated rings. The Labute approximate surface area is 104 Å². The number of para-hydroxylation sites is 1. The third-order valence-corrected chi connectivity index (χ3v) is 4.00. The summed E-state index contributed by atoms with van der Waals surface area (Å²) in [5, 5.41) is 1.39. The van der Waals surface area contributed by atoms with E-state index in [0.717, 1.165) is 0 Å². The van der Waals surface area contributed by atoms with Crippen molar-refractivity contribution in [3.8, 4) is 0 Å². The zero-order chi connectivity index (χ0) is 12.3. The van der Waals surface area contributed by atoms with Gasteiger partial charge in [-0.3, -0.25) is 0 Å². The highest BCUT2D eigenvalue weighted by molar-refractivity contribution is 5.83. The topological polar surface area (TPSA) is 15.8 Å². The molecule has 1 heterocycles. The van der Waals surface area contributed by atoms with Crippen molar-refractivity contribution in [3.63, 3.8) is 0 Å². The summed E-state index contributed by atoms with van der Waals surface area (Å²) >= 11 is 0. The van der Waals surface area contributed by atoms with Crippen molar-refractivity contribution in [3.05, 3.63) is 36.0 Å². The highest BCUT2D eigenvalue weighted by atomic mass is 14.7. The molecular weight excluding hydrogens is 206 g/mol. The van der Waals surface area contributed by atoms with Gasteiger partial charge in [0.2, 0.25) is 0 Å². The van der Waals surface area contributed by atoms with Crippen LogP contribution in [0.25, 0.3) is 10.9 Å². The van der Waals surface area contributed by atoms with E-state index in [1.165, 1.54) is 42.1 Å². The predicted molar refractivity (Wildman–Crippen MR) is 75.3 cm³/mol. The van der Waals surface area contributed by atoms with E-state index in [-0.39, 0.29) is 0 Å². The van der Waals surface area contributed by atoms with Crippen LogP contribution in [-0.4, -0.2) is 4.98 Å². The van der Waals surface area contributed by atoms with E-state index in [1.54, 1.807) is 0 Å². The van der Waals surface area contributed by atoms with Gasteiger partial charge in [-0.25, -0.2) is 0 Å². The molecule has 0 aliphatic heterocycles. The molecule has 1 aromatic carbocycles. The first kappa shape index (κ1) is 12.2. The fourth-order valence-electron chi connectivity index (χ4n) is 2.73. The van der Waals surface area contributed by atoms with Gasteiger partial charge in [-0.05, 0) is 29.9 Å². The van der Waals surface area contributed by atoms with Crippen molar-refractivity contribution >= 4 is 10.9 Å². The van der Waals surface area contributed by atoms with Crippen LogP contribution in [-0.2, 0) is 6.42 Å². The van der Waals surface area contributed by atoms with Gasteiger partial charge in [0, 0.05) is 17.1 Å². The van der Waals surface area contributed by atoms with Crippen molar-refractivity contribution in [1.29, 1.82) is 0 Å². The number of fused-ring (bicyclic) bond motifs is 1. The number of hydrogen-bond acceptors (Lipinski definition) is 0. The molecule has 1 nitrogen and oxygen atoms in total. The summed E-state index contributed by atoms with van der Waals surface area (Å²) in [5.74, 6) is 0. The second-order valence-electron chi connectivity index (χ2n) is 5.45. The zero-order valence-electron chi connectivity index (χ0n) is 11.2. The average molecular weight is 229 g/mol. The van der Waals surface area contributed by atoms with Gasteiger partial charge in [0.1, 0.15) is 0 Å². The molecule has 1 unspecified atom stereocenters. The molecule has 2 aromatic rings. The van der Waals surface area contributed by atoms with Crippen molar-refractivity contribution in [2.24, 2.45) is 5.41 Å². The highest BCUT2D eigenvalue weighted by Gasteiger charge is 2.22. The minimum atomic E-state index is 0.444. The second kappa shape index (κ2) is 4.95. The Morgan fingerprint density at radius 3 is 2.65 bits per heavy atom. The normalized spacial score (nSPS) is 15.0. The lowest BCUT2D eigenvalue weighted by molar-refractivity contribution is 0.280. The summed E-state index contributed by atoms with van der Waals surface area (Å²) in [6.07, 6.45) is 7.20. The van der Waals surface area contributed by atoms with Crippen LogP contribution in [0, 0.1) is 5.41 Å². The lowest BCUT2D eigenvalue weighted by Crippen LogP contribution is -2.18. The molecule has 92 valence electrons. The first-order chi connectivity index (χ1) is 8.18. The molecule has 1 aromatic heterocycles. The smallest absolute Gasteiger partial charge is 0.0456 e. The van der Waals surface area contributed by atoms with E-state index in [0.29, 0.717) is 5.41 Å². The molecule has 0 spiro atoms. The van der Waals surface area contributed by atoms with Gasteiger partial charge in [0.25, 0.3) is 0 Å². The Kier molecular flexibility index (Phi) is 3.56. The lowest BCUT2D eigenvalue weighted by atomic mass is 9.77. The number of hydrogen-bond donors (Lipinski definition) is 1. The first-order valence-corrected chi connectivity index (χ1v) is 6.73. The molecule has 2 rings (SSSR count). The number of aromatic amines is 1. The number of rotatable bonds is 5. The third-order valence-electron chi connectivity index (χ3n) is 4.00. The highest BCUT2D eigenvalue weighted by Crippen LogP contribution is 2.33. The fraction of sp³-hybridized carbons (Fsp3) is 0.500. The van der Waals surface area contributed by atoms with Crippen LogP contribution in [0.2, 0.25) is 0 Å². The van der Waals surface area contributed by atoms with E-state index in [4.69, 9.17) is 0 Å². The van der Waals surface area contributed by atoms with Gasteiger partial charge in [-0.1, -0.05) is 51.8 Å². The van der Waals surface area contributed by atoms with E-state index in [9.17, 15) is 0 Å². The van der Waals surface area contributed by atoms with E-state index >= 15 is 0 Å². The van der Waals surface area contributed by atoms with Gasteiger partial charge >= 0.3 is 0 Å². The Morgan fingerprint density at radius 1 is 1.18 bits per heavy atom. The standard InChI is InChI=1S/C16H23N/c1-4-10-16(3,5-2)11-13-12-17-15-9-7-6-8-14(13)15/h6-9,12,17H,4-5,10-11H2,1-3H3. The van der Waals surface area contributed by atoms with Crippen LogP contribution in [0.4, 0.5) is 0 Å². The van der Waals surface area contributed by atoms with Crippen molar-refractivity contribution in [2.75, 3.05) is 0 Å². The quantitative estimate of drug-likeness (QED) is 0.748. The molecule has 17 heavy (non-hydrogen) atoms. The Morgan fingerprint density at radius 2 is 1.94 bits per heavy atom. The number of benzene rings is 1. The Balaban J connectivity index is 2.28. The average Bonchev–Trinajstić information content (AvgIpc) is 2.73. The molecule has 0 aliphatic carbocycles. The molecule has 0 saturated heterocycles. The summed E-state index contributed by atoms with van der Waals surface area (Å²) in [7, 11) is 0. The molecule has 0 amide bonds. The number of nitrogens with one attached hydrogen (secondary N) is 1. The van der Waals surface area contributed by atoms with Crippen molar-refractivity contribution < 1.29 is 0 Å². The summed E-state index contributed by atoms with van der Waals surface area (Å²) in [6, 6.07) is 8.60. The maximum atomic E-state index is 3.38. The largest absolute Gasteiger partial charge is 0.361 e. The number of aromatic nitrogens is 1. The molecule has 1 N–H and O–H groups in total. The van der Waals surface area contributed by atoms with Gasteiger partial charge in [0.15, 0.2) is 0 Å². The zero-order valence-corrected chi connectivity index (χ0v) is 11.2. The second-order valence-corrected chi connectivity index (χ2v) is 5.45.